The van der Waals surface area contributed by atoms with Crippen molar-refractivity contribution in [1.29, 1.82) is 0 Å². The Labute approximate surface area is 171 Å². The monoisotopic (exact) mass is 403 g/mol. The Kier molecular flexibility index (Phi) is 8.27. The number of carbonyl (C=O) groups is 2. The molecule has 1 unspecified atom stereocenters. The summed E-state index contributed by atoms with van der Waals surface area (Å²) in [6.07, 6.45) is 0.0213. The molecule has 1 aromatic carbocycles. The fourth-order valence-corrected chi connectivity index (χ4v) is 3.03. The average Bonchev–Trinajstić information content (AvgIpc) is 3.00. The first-order valence-electron chi connectivity index (χ1n) is 9.53. The molecule has 0 N–H and O–H groups in total. The predicted molar refractivity (Wildman–Crippen MR) is 109 cm³/mol. The number of hydrogen-bond donors (Lipinski definition) is 0. The number of methoxy groups -OCH3 is 2. The lowest BCUT2D eigenvalue weighted by Crippen LogP contribution is -2.28. The minimum absolute atomic E-state index is 0.235. The van der Waals surface area contributed by atoms with Crippen LogP contribution in [0.3, 0.4) is 0 Å². The lowest BCUT2D eigenvalue weighted by atomic mass is 10.1. The zero-order valence-corrected chi connectivity index (χ0v) is 17.7. The molecular formula is C22H29NO6. The van der Waals surface area contributed by atoms with Crippen molar-refractivity contribution in [1.82, 2.24) is 4.57 Å². The van der Waals surface area contributed by atoms with Crippen LogP contribution in [0.5, 0.6) is 11.5 Å². The third kappa shape index (κ3) is 6.09. The molecule has 0 saturated heterocycles. The van der Waals surface area contributed by atoms with Gasteiger partial charge in [-0.25, -0.2) is 4.79 Å². The molecule has 7 nitrogen and oxygen atoms in total. The number of esters is 1. The number of aromatic nitrogens is 1. The summed E-state index contributed by atoms with van der Waals surface area (Å²) >= 11 is 0. The molecule has 1 atom stereocenters. The molecule has 0 saturated carbocycles. The Morgan fingerprint density at radius 3 is 2.34 bits per heavy atom. The molecule has 2 rings (SSSR count). The summed E-state index contributed by atoms with van der Waals surface area (Å²) in [5, 5.41) is 0. The number of aryl methyl sites for hydroxylation is 1. The molecule has 2 aromatic rings. The van der Waals surface area contributed by atoms with E-state index in [1.807, 2.05) is 19.9 Å². The molecule has 1 heterocycles. The van der Waals surface area contributed by atoms with Gasteiger partial charge in [0.15, 0.2) is 12.7 Å². The van der Waals surface area contributed by atoms with Crippen molar-refractivity contribution in [3.63, 3.8) is 0 Å². The van der Waals surface area contributed by atoms with E-state index in [1.165, 1.54) is 0 Å². The summed E-state index contributed by atoms with van der Waals surface area (Å²) < 4.78 is 23.0. The fourth-order valence-electron chi connectivity index (χ4n) is 3.03. The van der Waals surface area contributed by atoms with Crippen LogP contribution in [0.1, 0.15) is 35.1 Å². The first kappa shape index (κ1) is 22.5. The lowest BCUT2D eigenvalue weighted by Gasteiger charge is -2.14. The normalized spacial score (nSPS) is 11.8. The summed E-state index contributed by atoms with van der Waals surface area (Å²) in [6.45, 7) is 6.53. The van der Waals surface area contributed by atoms with Crippen LogP contribution >= 0.6 is 0 Å². The molecule has 0 fully saturated rings. The zero-order valence-electron chi connectivity index (χ0n) is 17.7. The quantitative estimate of drug-likeness (QED) is 0.325. The van der Waals surface area contributed by atoms with E-state index in [2.05, 4.69) is 4.57 Å². The molecule has 0 aliphatic heterocycles. The van der Waals surface area contributed by atoms with Crippen molar-refractivity contribution in [2.75, 3.05) is 27.4 Å². The van der Waals surface area contributed by atoms with Crippen LogP contribution in [0, 0.1) is 13.8 Å². The topological polar surface area (TPSA) is 76.0 Å². The number of ketones is 1. The first-order chi connectivity index (χ1) is 13.9. The average molecular weight is 403 g/mol. The van der Waals surface area contributed by atoms with Gasteiger partial charge in [0.2, 0.25) is 5.78 Å². The van der Waals surface area contributed by atoms with E-state index in [9.17, 15) is 9.59 Å². The maximum absolute atomic E-state index is 12.5. The summed E-state index contributed by atoms with van der Waals surface area (Å²) in [5.41, 5.74) is 2.42. The molecule has 0 bridgehead atoms. The van der Waals surface area contributed by atoms with Crippen molar-refractivity contribution < 1.29 is 28.5 Å². The van der Waals surface area contributed by atoms with Crippen molar-refractivity contribution in [2.24, 2.45) is 0 Å². The largest absolute Gasteiger partial charge is 0.497 e. The highest BCUT2D eigenvalue weighted by Gasteiger charge is 2.21. The standard InChI is InChI=1S/C22H29NO6/c1-15-13-20(16(2)23(15)11-6-12-26-4)21(24)14-28-22(25)17(3)29-19-9-7-18(27-5)8-10-19/h7-10,13,17H,6,11-12,14H2,1-5H3. The number of rotatable bonds is 11. The van der Waals surface area contributed by atoms with Gasteiger partial charge in [-0.15, -0.1) is 0 Å². The summed E-state index contributed by atoms with van der Waals surface area (Å²) in [6, 6.07) is 8.70. The third-order valence-electron chi connectivity index (χ3n) is 4.65. The van der Waals surface area contributed by atoms with Crippen molar-refractivity contribution >= 4 is 11.8 Å². The maximum atomic E-state index is 12.5. The Bertz CT molecular complexity index is 825. The smallest absolute Gasteiger partial charge is 0.347 e. The summed E-state index contributed by atoms with van der Waals surface area (Å²) in [7, 11) is 3.24. The van der Waals surface area contributed by atoms with E-state index < -0.39 is 12.1 Å². The van der Waals surface area contributed by atoms with E-state index in [4.69, 9.17) is 18.9 Å². The Hall–Kier alpha value is -2.80. The van der Waals surface area contributed by atoms with Gasteiger partial charge in [0.25, 0.3) is 0 Å². The molecule has 1 aromatic heterocycles. The molecule has 0 amide bonds. The van der Waals surface area contributed by atoms with Crippen LogP contribution in [0.2, 0.25) is 0 Å². The highest BCUT2D eigenvalue weighted by Crippen LogP contribution is 2.19. The number of hydrogen-bond acceptors (Lipinski definition) is 6. The Morgan fingerprint density at radius 2 is 1.72 bits per heavy atom. The van der Waals surface area contributed by atoms with Gasteiger partial charge in [0.05, 0.1) is 7.11 Å². The maximum Gasteiger partial charge on any atom is 0.347 e. The van der Waals surface area contributed by atoms with E-state index in [-0.39, 0.29) is 12.4 Å². The van der Waals surface area contributed by atoms with Gasteiger partial charge in [0, 0.05) is 37.2 Å². The van der Waals surface area contributed by atoms with Crippen molar-refractivity contribution in [3.8, 4) is 11.5 Å². The van der Waals surface area contributed by atoms with E-state index in [1.54, 1.807) is 45.4 Å². The van der Waals surface area contributed by atoms with Gasteiger partial charge in [-0.3, -0.25) is 4.79 Å². The lowest BCUT2D eigenvalue weighted by molar-refractivity contribution is -0.149. The molecular weight excluding hydrogens is 374 g/mol. The third-order valence-corrected chi connectivity index (χ3v) is 4.65. The Morgan fingerprint density at radius 1 is 1.07 bits per heavy atom. The Balaban J connectivity index is 1.90. The zero-order chi connectivity index (χ0) is 21.4. The van der Waals surface area contributed by atoms with Gasteiger partial charge in [-0.1, -0.05) is 0 Å². The second-order valence-corrected chi connectivity index (χ2v) is 6.75. The molecule has 158 valence electrons. The highest BCUT2D eigenvalue weighted by atomic mass is 16.6. The summed E-state index contributed by atoms with van der Waals surface area (Å²) in [5.74, 6) is 0.378. The second-order valence-electron chi connectivity index (χ2n) is 6.75. The van der Waals surface area contributed by atoms with Crippen LogP contribution in [0.25, 0.3) is 0 Å². The highest BCUT2D eigenvalue weighted by molar-refractivity contribution is 5.99. The fraction of sp³-hybridized carbons (Fsp3) is 0.455. The van der Waals surface area contributed by atoms with Gasteiger partial charge in [-0.2, -0.15) is 0 Å². The van der Waals surface area contributed by atoms with Gasteiger partial charge in [0.1, 0.15) is 11.5 Å². The minimum Gasteiger partial charge on any atom is -0.497 e. The van der Waals surface area contributed by atoms with Crippen molar-refractivity contribution in [3.05, 3.63) is 47.3 Å². The number of ether oxygens (including phenoxy) is 4. The predicted octanol–water partition coefficient (Wildman–Crippen LogP) is 3.34. The van der Waals surface area contributed by atoms with Crippen LogP contribution in [0.4, 0.5) is 0 Å². The molecule has 0 aliphatic carbocycles. The second kappa shape index (κ2) is 10.7. The van der Waals surface area contributed by atoms with Gasteiger partial charge in [-0.05, 0) is 57.5 Å². The minimum atomic E-state index is -0.835. The van der Waals surface area contributed by atoms with Crippen molar-refractivity contribution in [2.45, 2.75) is 39.8 Å². The van der Waals surface area contributed by atoms with Crippen LogP contribution < -0.4 is 9.47 Å². The van der Waals surface area contributed by atoms with Gasteiger partial charge < -0.3 is 23.5 Å². The van der Waals surface area contributed by atoms with Gasteiger partial charge >= 0.3 is 5.97 Å². The number of nitrogens with zero attached hydrogens (tertiary/aromatic N) is 1. The molecule has 0 aliphatic rings. The van der Waals surface area contributed by atoms with E-state index >= 15 is 0 Å². The van der Waals surface area contributed by atoms with Crippen LogP contribution in [-0.2, 0) is 20.8 Å². The number of benzene rings is 1. The summed E-state index contributed by atoms with van der Waals surface area (Å²) in [4.78, 5) is 24.7. The van der Waals surface area contributed by atoms with E-state index in [0.29, 0.717) is 23.7 Å². The number of carbonyl (C=O) groups excluding carboxylic acids is 2. The molecule has 0 radical (unpaired) electrons. The first-order valence-corrected chi connectivity index (χ1v) is 9.53. The number of Topliss-reactive ketones (excluding diaryl/α,β-unsaturated/α-hetero) is 1. The SMILES string of the molecule is COCCCn1c(C)cc(C(=O)COC(=O)C(C)Oc2ccc(OC)cc2)c1C. The van der Waals surface area contributed by atoms with Crippen LogP contribution in [0.15, 0.2) is 30.3 Å². The molecule has 29 heavy (non-hydrogen) atoms. The van der Waals surface area contributed by atoms with Crippen LogP contribution in [-0.4, -0.2) is 49.9 Å². The molecule has 0 spiro atoms. The molecule has 7 heteroatoms. The van der Waals surface area contributed by atoms with E-state index in [0.717, 1.165) is 24.4 Å².